The fraction of sp³-hybridized carbons (Fsp3) is 0.300. The van der Waals surface area contributed by atoms with Crippen molar-refractivity contribution in [2.24, 2.45) is 0 Å². The van der Waals surface area contributed by atoms with Crippen molar-refractivity contribution < 1.29 is 18.4 Å². The Morgan fingerprint density at radius 3 is 2.63 bits per heavy atom. The van der Waals surface area contributed by atoms with Gasteiger partial charge in [-0.25, -0.2) is 8.42 Å². The maximum absolute atomic E-state index is 12.2. The lowest BCUT2D eigenvalue weighted by atomic mass is 10.5. The average molecular weight is 287 g/mol. The molecule has 1 N–H and O–H groups in total. The number of nitro groups is 1. The maximum Gasteiger partial charge on any atom is 0.363 e. The van der Waals surface area contributed by atoms with Crippen LogP contribution in [-0.2, 0) is 10.0 Å². The number of sulfonamides is 1. The Morgan fingerprint density at radius 1 is 1.53 bits per heavy atom. The van der Waals surface area contributed by atoms with Gasteiger partial charge < -0.3 is 15.2 Å². The zero-order valence-corrected chi connectivity index (χ0v) is 10.8. The van der Waals surface area contributed by atoms with Gasteiger partial charge in [0, 0.05) is 19.2 Å². The van der Waals surface area contributed by atoms with E-state index in [0.717, 1.165) is 22.6 Å². The summed E-state index contributed by atoms with van der Waals surface area (Å²) >= 11 is 0. The van der Waals surface area contributed by atoms with Gasteiger partial charge >= 0.3 is 5.82 Å². The normalized spacial score (nSPS) is 11.5. The van der Waals surface area contributed by atoms with Gasteiger partial charge in [-0.3, -0.25) is 0 Å². The molecule has 8 nitrogen and oxygen atoms in total. The first-order valence-corrected chi connectivity index (χ1v) is 6.70. The highest BCUT2D eigenvalue weighted by Crippen LogP contribution is 2.16. The second-order valence-corrected chi connectivity index (χ2v) is 5.42. The summed E-state index contributed by atoms with van der Waals surface area (Å²) in [5.74, 6) is -0.434. The highest BCUT2D eigenvalue weighted by atomic mass is 32.2. The lowest BCUT2D eigenvalue weighted by molar-refractivity contribution is -0.389. The lowest BCUT2D eigenvalue weighted by Crippen LogP contribution is -2.33. The Labute approximate surface area is 110 Å². The molecule has 19 heavy (non-hydrogen) atoms. The van der Waals surface area contributed by atoms with E-state index in [0.29, 0.717) is 0 Å². The van der Waals surface area contributed by atoms with Gasteiger partial charge in [0.05, 0.1) is 6.61 Å². The predicted molar refractivity (Wildman–Crippen MR) is 66.9 cm³/mol. The second kappa shape index (κ2) is 6.36. The van der Waals surface area contributed by atoms with Crippen molar-refractivity contribution in [3.8, 4) is 0 Å². The summed E-state index contributed by atoms with van der Waals surface area (Å²) in [5, 5.41) is 19.3. The third kappa shape index (κ3) is 3.56. The Kier molecular flexibility index (Phi) is 5.10. The van der Waals surface area contributed by atoms with E-state index in [1.165, 1.54) is 6.08 Å². The van der Waals surface area contributed by atoms with E-state index in [9.17, 15) is 18.5 Å². The number of hydrogen-bond acceptors (Lipinski definition) is 6. The van der Waals surface area contributed by atoms with Gasteiger partial charge in [-0.1, -0.05) is 6.08 Å². The topological polar surface area (TPSA) is 114 Å². The smallest absolute Gasteiger partial charge is 0.363 e. The molecule has 9 heteroatoms. The summed E-state index contributed by atoms with van der Waals surface area (Å²) in [6.45, 7) is 3.03. The largest absolute Gasteiger partial charge is 0.395 e. The summed E-state index contributed by atoms with van der Waals surface area (Å²) < 4.78 is 25.3. The van der Waals surface area contributed by atoms with Crippen molar-refractivity contribution in [1.82, 2.24) is 9.29 Å². The molecule has 0 unspecified atom stereocenters. The van der Waals surface area contributed by atoms with Crippen LogP contribution >= 0.6 is 0 Å². The van der Waals surface area contributed by atoms with Crippen molar-refractivity contribution in [2.45, 2.75) is 4.90 Å². The number of aliphatic hydroxyl groups is 1. The first-order valence-electron chi connectivity index (χ1n) is 5.26. The Balaban J connectivity index is 3.10. The molecule has 0 spiro atoms. The average Bonchev–Trinajstić information content (AvgIpc) is 2.38. The molecule has 0 saturated carbocycles. The van der Waals surface area contributed by atoms with E-state index < -0.39 is 20.8 Å². The van der Waals surface area contributed by atoms with Crippen LogP contribution in [0.5, 0.6) is 0 Å². The molecule has 1 heterocycles. The second-order valence-electron chi connectivity index (χ2n) is 3.48. The number of nitrogens with zero attached hydrogens (tertiary/aromatic N) is 3. The molecule has 0 fully saturated rings. The lowest BCUT2D eigenvalue weighted by Gasteiger charge is -2.18. The van der Waals surface area contributed by atoms with E-state index in [4.69, 9.17) is 5.11 Å². The van der Waals surface area contributed by atoms with Crippen LogP contribution in [0.2, 0.25) is 0 Å². The molecule has 0 atom stereocenters. The summed E-state index contributed by atoms with van der Waals surface area (Å²) in [7, 11) is -3.85. The van der Waals surface area contributed by atoms with Crippen molar-refractivity contribution in [3.05, 3.63) is 41.1 Å². The number of pyridine rings is 1. The van der Waals surface area contributed by atoms with Gasteiger partial charge in [0.2, 0.25) is 10.0 Å². The maximum atomic E-state index is 12.2. The van der Waals surface area contributed by atoms with Gasteiger partial charge in [0.15, 0.2) is 6.20 Å². The zero-order valence-electron chi connectivity index (χ0n) is 9.97. The molecule has 0 amide bonds. The summed E-state index contributed by atoms with van der Waals surface area (Å²) in [4.78, 5) is 13.0. The SMILES string of the molecule is C=CCN(CCO)S(=O)(=O)c1ccc([N+](=O)[O-])nc1. The number of aromatic nitrogens is 1. The number of aliphatic hydroxyl groups excluding tert-OH is 1. The predicted octanol–water partition coefficient (Wildman–Crippen LogP) is 0.159. The fourth-order valence-corrected chi connectivity index (χ4v) is 2.70. The molecule has 0 saturated heterocycles. The van der Waals surface area contributed by atoms with Crippen molar-refractivity contribution in [1.29, 1.82) is 0 Å². The Morgan fingerprint density at radius 2 is 2.21 bits per heavy atom. The summed E-state index contributed by atoms with van der Waals surface area (Å²) in [6, 6.07) is 2.12. The van der Waals surface area contributed by atoms with Crippen LogP contribution in [0.15, 0.2) is 35.9 Å². The van der Waals surface area contributed by atoms with Crippen molar-refractivity contribution >= 4 is 15.8 Å². The first kappa shape index (κ1) is 15.2. The Bertz CT molecular complexity index is 555. The fourth-order valence-electron chi connectivity index (χ4n) is 1.35. The zero-order chi connectivity index (χ0) is 14.5. The highest BCUT2D eigenvalue weighted by molar-refractivity contribution is 7.89. The minimum atomic E-state index is -3.85. The van der Waals surface area contributed by atoms with Crippen LogP contribution in [0.4, 0.5) is 5.82 Å². The molecule has 1 aromatic rings. The van der Waals surface area contributed by atoms with E-state index in [2.05, 4.69) is 11.6 Å². The van der Waals surface area contributed by atoms with Gasteiger partial charge in [-0.05, 0) is 16.0 Å². The third-order valence-corrected chi connectivity index (χ3v) is 4.08. The first-order chi connectivity index (χ1) is 8.93. The minimum Gasteiger partial charge on any atom is -0.395 e. The molecular weight excluding hydrogens is 274 g/mol. The van der Waals surface area contributed by atoms with Crippen LogP contribution in [0.25, 0.3) is 0 Å². The van der Waals surface area contributed by atoms with Crippen LogP contribution in [0, 0.1) is 10.1 Å². The molecule has 0 aliphatic heterocycles. The van der Waals surface area contributed by atoms with Gasteiger partial charge in [-0.2, -0.15) is 4.31 Å². The molecule has 104 valence electrons. The molecule has 0 radical (unpaired) electrons. The van der Waals surface area contributed by atoms with Crippen LogP contribution in [0.3, 0.4) is 0 Å². The molecule has 1 aromatic heterocycles. The van der Waals surface area contributed by atoms with Gasteiger partial charge in [-0.15, -0.1) is 6.58 Å². The Hall–Kier alpha value is -1.84. The molecule has 0 bridgehead atoms. The van der Waals surface area contributed by atoms with Crippen LogP contribution in [-0.4, -0.2) is 47.4 Å². The molecular formula is C10H13N3O5S. The standard InChI is InChI=1S/C10H13N3O5S/c1-2-5-12(6-7-14)19(17,18)9-3-4-10(11-8-9)13(15)16/h2-4,8,14H,1,5-7H2. The molecule has 1 rings (SSSR count). The highest BCUT2D eigenvalue weighted by Gasteiger charge is 2.25. The molecule has 0 aliphatic carbocycles. The monoisotopic (exact) mass is 287 g/mol. The third-order valence-electron chi connectivity index (χ3n) is 2.23. The van der Waals surface area contributed by atoms with E-state index >= 15 is 0 Å². The summed E-state index contributed by atoms with van der Waals surface area (Å²) in [6.07, 6.45) is 2.30. The summed E-state index contributed by atoms with van der Waals surface area (Å²) in [5.41, 5.74) is 0. The number of rotatable bonds is 7. The quantitative estimate of drug-likeness (QED) is 0.434. The van der Waals surface area contributed by atoms with Crippen molar-refractivity contribution in [3.63, 3.8) is 0 Å². The van der Waals surface area contributed by atoms with E-state index in [1.54, 1.807) is 0 Å². The minimum absolute atomic E-state index is 0.0277. The molecule has 0 aromatic carbocycles. The van der Waals surface area contributed by atoms with E-state index in [-0.39, 0.29) is 24.6 Å². The van der Waals surface area contributed by atoms with Gasteiger partial charge in [0.1, 0.15) is 4.90 Å². The van der Waals surface area contributed by atoms with Crippen LogP contribution in [0.1, 0.15) is 0 Å². The van der Waals surface area contributed by atoms with Crippen molar-refractivity contribution in [2.75, 3.05) is 19.7 Å². The van der Waals surface area contributed by atoms with Gasteiger partial charge in [0.25, 0.3) is 0 Å². The van der Waals surface area contributed by atoms with Crippen LogP contribution < -0.4 is 0 Å². The molecule has 0 aliphatic rings. The number of hydrogen-bond donors (Lipinski definition) is 1. The van der Waals surface area contributed by atoms with E-state index in [1.807, 2.05) is 0 Å².